The van der Waals surface area contributed by atoms with Crippen LogP contribution in [0.3, 0.4) is 0 Å². The van der Waals surface area contributed by atoms with E-state index in [-0.39, 0.29) is 24.3 Å². The second-order valence-corrected chi connectivity index (χ2v) is 7.21. The molecule has 1 N–H and O–H groups in total. The lowest BCUT2D eigenvalue weighted by atomic mass is 10.1. The fraction of sp³-hybridized carbons (Fsp3) is 0.684. The largest absolute Gasteiger partial charge is 1.00 e. The van der Waals surface area contributed by atoms with E-state index in [1.807, 2.05) is 20.2 Å². The molecule has 5 nitrogen and oxygen atoms in total. The SMILES string of the molecule is CC(=O)NCCC[N+](C)(C)CC(=O)OCC=C(C)CCC=C(C)C.[Cl-]. The normalized spacial score (nSPS) is 11.4. The van der Waals surface area contributed by atoms with E-state index in [0.29, 0.717) is 24.2 Å². The molecule has 0 saturated heterocycles. The molecule has 0 heterocycles. The van der Waals surface area contributed by atoms with Gasteiger partial charge in [0, 0.05) is 19.9 Å². The summed E-state index contributed by atoms with van der Waals surface area (Å²) in [5.41, 5.74) is 2.57. The van der Waals surface area contributed by atoms with Gasteiger partial charge in [-0.2, -0.15) is 0 Å². The summed E-state index contributed by atoms with van der Waals surface area (Å²) in [4.78, 5) is 22.8. The number of ether oxygens (including phenoxy) is 1. The zero-order chi connectivity index (χ0) is 18.6. The number of carbonyl (C=O) groups is 2. The Morgan fingerprint density at radius 3 is 2.28 bits per heavy atom. The number of likely N-dealkylation sites (N-methyl/N-ethyl adjacent to an activating group) is 1. The number of esters is 1. The van der Waals surface area contributed by atoms with Crippen LogP contribution in [0.25, 0.3) is 0 Å². The quantitative estimate of drug-likeness (QED) is 0.236. The number of hydrogen-bond donors (Lipinski definition) is 1. The Balaban J connectivity index is 0. The monoisotopic (exact) mass is 374 g/mol. The summed E-state index contributed by atoms with van der Waals surface area (Å²) in [6.07, 6.45) is 7.05. The maximum atomic E-state index is 11.9. The van der Waals surface area contributed by atoms with Crippen molar-refractivity contribution in [1.29, 1.82) is 0 Å². The van der Waals surface area contributed by atoms with Gasteiger partial charge in [0.25, 0.3) is 0 Å². The number of quaternary nitrogens is 1. The van der Waals surface area contributed by atoms with Crippen LogP contribution in [0, 0.1) is 0 Å². The van der Waals surface area contributed by atoms with E-state index >= 15 is 0 Å². The Labute approximate surface area is 159 Å². The van der Waals surface area contributed by atoms with Gasteiger partial charge >= 0.3 is 5.97 Å². The van der Waals surface area contributed by atoms with Crippen LogP contribution in [0.1, 0.15) is 47.0 Å². The van der Waals surface area contributed by atoms with E-state index in [2.05, 4.69) is 32.2 Å². The van der Waals surface area contributed by atoms with Gasteiger partial charge in [0.1, 0.15) is 6.61 Å². The summed E-state index contributed by atoms with van der Waals surface area (Å²) in [5.74, 6) is -0.209. The van der Waals surface area contributed by atoms with Crippen LogP contribution in [0.5, 0.6) is 0 Å². The Kier molecular flexibility index (Phi) is 14.4. The van der Waals surface area contributed by atoms with Crippen LogP contribution in [0.2, 0.25) is 0 Å². The van der Waals surface area contributed by atoms with E-state index in [9.17, 15) is 9.59 Å². The molecule has 0 aromatic carbocycles. The van der Waals surface area contributed by atoms with Crippen molar-refractivity contribution in [2.24, 2.45) is 0 Å². The van der Waals surface area contributed by atoms with Gasteiger partial charge in [-0.1, -0.05) is 17.2 Å². The number of allylic oxidation sites excluding steroid dienone is 3. The second kappa shape index (κ2) is 13.9. The lowest BCUT2D eigenvalue weighted by Gasteiger charge is -2.28. The van der Waals surface area contributed by atoms with Gasteiger partial charge < -0.3 is 26.9 Å². The molecule has 25 heavy (non-hydrogen) atoms. The standard InChI is InChI=1S/C19H34N2O3.ClH/c1-16(2)9-7-10-17(3)11-14-24-19(23)15-21(5,6)13-8-12-20-18(4)22;/h9,11H,7-8,10,12-15H2,1-6H3;1H. The third-order valence-corrected chi connectivity index (χ3v) is 3.64. The first-order valence-corrected chi connectivity index (χ1v) is 8.63. The highest BCUT2D eigenvalue weighted by molar-refractivity contribution is 5.72. The van der Waals surface area contributed by atoms with Gasteiger partial charge in [0.2, 0.25) is 5.91 Å². The summed E-state index contributed by atoms with van der Waals surface area (Å²) in [5, 5.41) is 2.76. The molecule has 0 aliphatic carbocycles. The highest BCUT2D eigenvalue weighted by atomic mass is 35.5. The smallest absolute Gasteiger partial charge is 0.362 e. The molecule has 0 rings (SSSR count). The molecule has 0 fully saturated rings. The first-order chi connectivity index (χ1) is 11.1. The fourth-order valence-corrected chi connectivity index (χ4v) is 2.21. The van der Waals surface area contributed by atoms with Gasteiger partial charge in [-0.25, -0.2) is 4.79 Å². The van der Waals surface area contributed by atoms with Gasteiger partial charge in [-0.3, -0.25) is 4.79 Å². The fourth-order valence-electron chi connectivity index (χ4n) is 2.21. The van der Waals surface area contributed by atoms with E-state index in [1.165, 1.54) is 18.1 Å². The molecule has 146 valence electrons. The minimum absolute atomic E-state index is 0. The summed E-state index contributed by atoms with van der Waals surface area (Å²) in [7, 11) is 3.99. The summed E-state index contributed by atoms with van der Waals surface area (Å²) >= 11 is 0. The van der Waals surface area contributed by atoms with E-state index in [0.717, 1.165) is 25.8 Å². The molecule has 1 amide bonds. The first-order valence-electron chi connectivity index (χ1n) is 8.63. The third kappa shape index (κ3) is 17.3. The van der Waals surface area contributed by atoms with Crippen molar-refractivity contribution in [3.8, 4) is 0 Å². The lowest BCUT2D eigenvalue weighted by molar-refractivity contribution is -0.883. The van der Waals surface area contributed by atoms with Gasteiger partial charge in [0.05, 0.1) is 20.6 Å². The molecule has 0 unspecified atom stereocenters. The Morgan fingerprint density at radius 2 is 1.72 bits per heavy atom. The number of hydrogen-bond acceptors (Lipinski definition) is 3. The van der Waals surface area contributed by atoms with Crippen molar-refractivity contribution >= 4 is 11.9 Å². The van der Waals surface area contributed by atoms with Gasteiger partial charge in [-0.15, -0.1) is 0 Å². The molecule has 0 aliphatic heterocycles. The average Bonchev–Trinajstić information content (AvgIpc) is 2.42. The summed E-state index contributed by atoms with van der Waals surface area (Å²) < 4.78 is 5.86. The van der Waals surface area contributed by atoms with E-state index in [4.69, 9.17) is 4.74 Å². The minimum atomic E-state index is -0.187. The second-order valence-electron chi connectivity index (χ2n) is 7.21. The Morgan fingerprint density at radius 1 is 1.08 bits per heavy atom. The number of amides is 1. The van der Waals surface area contributed by atoms with Crippen LogP contribution in [-0.4, -0.2) is 56.7 Å². The van der Waals surface area contributed by atoms with Crippen LogP contribution < -0.4 is 17.7 Å². The number of nitrogens with one attached hydrogen (secondary N) is 1. The van der Waals surface area contributed by atoms with Gasteiger partial charge in [-0.05, 0) is 39.7 Å². The zero-order valence-electron chi connectivity index (χ0n) is 16.7. The zero-order valence-corrected chi connectivity index (χ0v) is 17.4. The number of nitrogens with zero attached hydrogens (tertiary/aromatic N) is 1. The van der Waals surface area contributed by atoms with Crippen molar-refractivity contribution in [2.75, 3.05) is 40.3 Å². The predicted octanol–water partition coefficient (Wildman–Crippen LogP) is -0.171. The highest BCUT2D eigenvalue weighted by Gasteiger charge is 2.20. The lowest BCUT2D eigenvalue weighted by Crippen LogP contribution is -3.00. The van der Waals surface area contributed by atoms with Crippen LogP contribution >= 0.6 is 0 Å². The maximum absolute atomic E-state index is 11.9. The molecule has 0 aromatic rings. The molecule has 0 aliphatic rings. The van der Waals surface area contributed by atoms with Crippen LogP contribution in [0.4, 0.5) is 0 Å². The molecule has 0 saturated carbocycles. The van der Waals surface area contributed by atoms with E-state index < -0.39 is 0 Å². The minimum Gasteiger partial charge on any atom is -1.00 e. The van der Waals surface area contributed by atoms with Gasteiger partial charge in [0.15, 0.2) is 6.54 Å². The van der Waals surface area contributed by atoms with Crippen molar-refractivity contribution in [1.82, 2.24) is 5.32 Å². The first kappa shape index (κ1) is 25.9. The van der Waals surface area contributed by atoms with Crippen molar-refractivity contribution in [2.45, 2.75) is 47.0 Å². The molecular formula is C19H35ClN2O3. The summed E-state index contributed by atoms with van der Waals surface area (Å²) in [6, 6.07) is 0. The summed E-state index contributed by atoms with van der Waals surface area (Å²) in [6.45, 7) is 9.89. The Hall–Kier alpha value is -1.33. The van der Waals surface area contributed by atoms with Crippen molar-refractivity contribution in [3.05, 3.63) is 23.3 Å². The molecule has 6 heteroatoms. The maximum Gasteiger partial charge on any atom is 0.362 e. The number of carbonyl (C=O) groups excluding carboxylic acids is 2. The molecule has 0 aromatic heterocycles. The molecule has 0 atom stereocenters. The Bertz CT molecular complexity index is 467. The van der Waals surface area contributed by atoms with Crippen LogP contribution in [0.15, 0.2) is 23.3 Å². The van der Waals surface area contributed by atoms with Crippen molar-refractivity contribution < 1.29 is 31.2 Å². The number of rotatable bonds is 11. The van der Waals surface area contributed by atoms with E-state index in [1.54, 1.807) is 0 Å². The number of halogens is 1. The van der Waals surface area contributed by atoms with Crippen LogP contribution in [-0.2, 0) is 14.3 Å². The average molecular weight is 375 g/mol. The molecule has 0 radical (unpaired) electrons. The predicted molar refractivity (Wildman–Crippen MR) is 98.5 cm³/mol. The molecule has 0 spiro atoms. The topological polar surface area (TPSA) is 55.4 Å². The molecular weight excluding hydrogens is 340 g/mol. The third-order valence-electron chi connectivity index (χ3n) is 3.64. The highest BCUT2D eigenvalue weighted by Crippen LogP contribution is 2.06. The van der Waals surface area contributed by atoms with Crippen molar-refractivity contribution in [3.63, 3.8) is 0 Å². The molecule has 0 bridgehead atoms.